The second-order valence-corrected chi connectivity index (χ2v) is 9.93. The fourth-order valence-corrected chi connectivity index (χ4v) is 4.59. The molecular formula is C30H33F3N6O3. The van der Waals surface area contributed by atoms with Crippen molar-refractivity contribution in [2.45, 2.75) is 25.7 Å². The summed E-state index contributed by atoms with van der Waals surface area (Å²) in [6.45, 7) is 6.45. The SMILES string of the molecule is NC1=NN(c2cccc(C(=O)NCc3cccc(-c4cccc(CN5CCNCC5)c4)c3)c2)CC1.O=C(O)C(F)(F)F. The number of carboxylic acids is 1. The lowest BCUT2D eigenvalue weighted by Gasteiger charge is -2.27. The molecule has 5 N–H and O–H groups in total. The lowest BCUT2D eigenvalue weighted by Crippen LogP contribution is -2.42. The molecule has 12 heteroatoms. The Kier molecular flexibility index (Phi) is 10.2. The minimum atomic E-state index is -5.08. The minimum absolute atomic E-state index is 0.105. The number of hydrazone groups is 1. The van der Waals surface area contributed by atoms with Crippen molar-refractivity contribution >= 4 is 23.4 Å². The Balaban J connectivity index is 0.000000517. The zero-order valence-electron chi connectivity index (χ0n) is 22.9. The summed E-state index contributed by atoms with van der Waals surface area (Å²) in [7, 11) is 0. The number of nitrogens with zero attached hydrogens (tertiary/aromatic N) is 3. The summed E-state index contributed by atoms with van der Waals surface area (Å²) in [5.74, 6) is -2.24. The number of rotatable bonds is 7. The van der Waals surface area contributed by atoms with Gasteiger partial charge in [0.1, 0.15) is 5.84 Å². The van der Waals surface area contributed by atoms with Gasteiger partial charge in [-0.25, -0.2) is 4.79 Å². The maximum atomic E-state index is 12.8. The van der Waals surface area contributed by atoms with Gasteiger partial charge in [0.25, 0.3) is 5.91 Å². The van der Waals surface area contributed by atoms with Gasteiger partial charge in [0, 0.05) is 57.8 Å². The average molecular weight is 583 g/mol. The van der Waals surface area contributed by atoms with Crippen molar-refractivity contribution in [3.8, 4) is 11.1 Å². The highest BCUT2D eigenvalue weighted by Gasteiger charge is 2.38. The van der Waals surface area contributed by atoms with E-state index in [0.29, 0.717) is 17.9 Å². The molecule has 5 rings (SSSR count). The summed E-state index contributed by atoms with van der Waals surface area (Å²) in [6.07, 6.45) is -4.34. The Morgan fingerprint density at radius 3 is 2.17 bits per heavy atom. The molecule has 0 radical (unpaired) electrons. The molecule has 2 heterocycles. The standard InChI is InChI=1S/C28H32N6O.C2HF3O2/c29-27-10-13-34(32-27)26-9-3-8-25(18-26)28(35)31-19-21-4-1-6-23(16-21)24-7-2-5-22(17-24)20-33-14-11-30-12-15-33;3-2(4,5)1(6)7/h1-9,16-18,30H,10-15,19-20H2,(H2,29,32)(H,31,35);(H,6,7). The predicted octanol–water partition coefficient (Wildman–Crippen LogP) is 3.80. The lowest BCUT2D eigenvalue weighted by molar-refractivity contribution is -0.192. The molecule has 9 nitrogen and oxygen atoms in total. The van der Waals surface area contributed by atoms with E-state index in [9.17, 15) is 18.0 Å². The van der Waals surface area contributed by atoms with Gasteiger partial charge >= 0.3 is 12.1 Å². The van der Waals surface area contributed by atoms with Crippen LogP contribution in [0.2, 0.25) is 0 Å². The van der Waals surface area contributed by atoms with Crippen LogP contribution in [0.5, 0.6) is 0 Å². The van der Waals surface area contributed by atoms with Crippen molar-refractivity contribution in [2.24, 2.45) is 10.8 Å². The Morgan fingerprint density at radius 1 is 0.929 bits per heavy atom. The van der Waals surface area contributed by atoms with E-state index >= 15 is 0 Å². The molecule has 0 atom stereocenters. The molecule has 0 spiro atoms. The van der Waals surface area contributed by atoms with E-state index < -0.39 is 12.1 Å². The van der Waals surface area contributed by atoms with Crippen molar-refractivity contribution in [1.29, 1.82) is 0 Å². The van der Waals surface area contributed by atoms with Gasteiger partial charge in [-0.15, -0.1) is 0 Å². The molecule has 0 aliphatic carbocycles. The van der Waals surface area contributed by atoms with Gasteiger partial charge in [-0.2, -0.15) is 18.3 Å². The predicted molar refractivity (Wildman–Crippen MR) is 155 cm³/mol. The first-order valence-corrected chi connectivity index (χ1v) is 13.5. The van der Waals surface area contributed by atoms with Crippen LogP contribution in [0.25, 0.3) is 11.1 Å². The second kappa shape index (κ2) is 14.0. The highest BCUT2D eigenvalue weighted by molar-refractivity contribution is 5.95. The van der Waals surface area contributed by atoms with Crippen LogP contribution in [-0.4, -0.2) is 66.6 Å². The summed E-state index contributed by atoms with van der Waals surface area (Å²) in [4.78, 5) is 24.2. The van der Waals surface area contributed by atoms with E-state index in [1.165, 1.54) is 11.1 Å². The zero-order chi connectivity index (χ0) is 30.1. The summed E-state index contributed by atoms with van der Waals surface area (Å²) >= 11 is 0. The molecule has 222 valence electrons. The Hall–Kier alpha value is -4.42. The van der Waals surface area contributed by atoms with Gasteiger partial charge in [-0.05, 0) is 52.6 Å². The van der Waals surface area contributed by atoms with Crippen LogP contribution in [-0.2, 0) is 17.9 Å². The molecule has 3 aromatic rings. The maximum Gasteiger partial charge on any atom is 0.490 e. The third kappa shape index (κ3) is 8.79. The fraction of sp³-hybridized carbons (Fsp3) is 0.300. The number of carbonyl (C=O) groups excluding carboxylic acids is 1. The van der Waals surface area contributed by atoms with Crippen molar-refractivity contribution < 1.29 is 27.9 Å². The number of benzene rings is 3. The number of carboxylic acid groups (broad SMARTS) is 1. The van der Waals surface area contributed by atoms with Gasteiger partial charge in [-0.3, -0.25) is 14.7 Å². The molecule has 1 saturated heterocycles. The van der Waals surface area contributed by atoms with Gasteiger partial charge in [0.15, 0.2) is 0 Å². The number of amidine groups is 1. The molecule has 3 aromatic carbocycles. The first-order chi connectivity index (χ1) is 20.1. The third-order valence-electron chi connectivity index (χ3n) is 6.73. The number of alkyl halides is 3. The minimum Gasteiger partial charge on any atom is -0.475 e. The molecule has 2 aliphatic rings. The smallest absolute Gasteiger partial charge is 0.475 e. The number of anilines is 1. The molecule has 0 aromatic heterocycles. The van der Waals surface area contributed by atoms with Crippen LogP contribution in [0.3, 0.4) is 0 Å². The molecule has 1 amide bonds. The third-order valence-corrected chi connectivity index (χ3v) is 6.73. The summed E-state index contributed by atoms with van der Waals surface area (Å²) in [5, 5.41) is 19.7. The Labute approximate surface area is 241 Å². The molecule has 1 fully saturated rings. The summed E-state index contributed by atoms with van der Waals surface area (Å²) in [5.41, 5.74) is 12.0. The number of piperazine rings is 1. The van der Waals surface area contributed by atoms with Crippen LogP contribution in [0.4, 0.5) is 18.9 Å². The van der Waals surface area contributed by atoms with Gasteiger partial charge < -0.3 is 21.5 Å². The first kappa shape index (κ1) is 30.5. The Bertz CT molecular complexity index is 1420. The van der Waals surface area contributed by atoms with Crippen molar-refractivity contribution in [1.82, 2.24) is 15.5 Å². The average Bonchev–Trinajstić information content (AvgIpc) is 3.43. The first-order valence-electron chi connectivity index (χ1n) is 13.5. The number of nitrogens with one attached hydrogen (secondary N) is 2. The number of halogens is 3. The number of nitrogens with two attached hydrogens (primary N) is 1. The topological polar surface area (TPSA) is 123 Å². The normalized spacial score (nSPS) is 15.4. The van der Waals surface area contributed by atoms with Crippen LogP contribution >= 0.6 is 0 Å². The van der Waals surface area contributed by atoms with E-state index in [0.717, 1.165) is 62.5 Å². The highest BCUT2D eigenvalue weighted by atomic mass is 19.4. The molecular weight excluding hydrogens is 549 g/mol. The van der Waals surface area contributed by atoms with E-state index in [1.54, 1.807) is 0 Å². The van der Waals surface area contributed by atoms with E-state index in [2.05, 4.69) is 63.1 Å². The zero-order valence-corrected chi connectivity index (χ0v) is 22.9. The van der Waals surface area contributed by atoms with Crippen LogP contribution in [0.1, 0.15) is 27.9 Å². The van der Waals surface area contributed by atoms with Crippen molar-refractivity contribution in [3.05, 3.63) is 89.5 Å². The number of hydrogen-bond acceptors (Lipinski definition) is 7. The maximum absolute atomic E-state index is 12.8. The number of hydrogen-bond donors (Lipinski definition) is 4. The van der Waals surface area contributed by atoms with Crippen molar-refractivity contribution in [3.63, 3.8) is 0 Å². The fourth-order valence-electron chi connectivity index (χ4n) is 4.59. The van der Waals surface area contributed by atoms with E-state index in [4.69, 9.17) is 15.6 Å². The van der Waals surface area contributed by atoms with Gasteiger partial charge in [0.05, 0.1) is 5.69 Å². The number of aliphatic carboxylic acids is 1. The quantitative estimate of drug-likeness (QED) is 0.334. The number of amides is 1. The molecule has 0 saturated carbocycles. The second-order valence-electron chi connectivity index (χ2n) is 9.93. The van der Waals surface area contributed by atoms with Gasteiger partial charge in [0.2, 0.25) is 0 Å². The number of carbonyl (C=O) groups is 2. The summed E-state index contributed by atoms with van der Waals surface area (Å²) in [6, 6.07) is 24.6. The van der Waals surface area contributed by atoms with E-state index in [-0.39, 0.29) is 5.91 Å². The molecule has 2 aliphatic heterocycles. The van der Waals surface area contributed by atoms with Gasteiger partial charge in [-0.1, -0.05) is 42.5 Å². The molecule has 42 heavy (non-hydrogen) atoms. The van der Waals surface area contributed by atoms with Crippen LogP contribution in [0.15, 0.2) is 77.9 Å². The van der Waals surface area contributed by atoms with Crippen molar-refractivity contribution in [2.75, 3.05) is 37.7 Å². The largest absolute Gasteiger partial charge is 0.490 e. The highest BCUT2D eigenvalue weighted by Crippen LogP contribution is 2.23. The monoisotopic (exact) mass is 582 g/mol. The molecule has 0 bridgehead atoms. The van der Waals surface area contributed by atoms with Crippen LogP contribution in [0, 0.1) is 0 Å². The molecule has 0 unspecified atom stereocenters. The lowest BCUT2D eigenvalue weighted by atomic mass is 10.0. The Morgan fingerprint density at radius 2 is 1.55 bits per heavy atom. The van der Waals surface area contributed by atoms with E-state index in [1.807, 2.05) is 35.3 Å². The van der Waals surface area contributed by atoms with Crippen LogP contribution < -0.4 is 21.4 Å². The summed E-state index contributed by atoms with van der Waals surface area (Å²) < 4.78 is 31.7.